The largest absolute Gasteiger partial charge is 0.368 e. The molecule has 4 rings (SSSR count). The van der Waals surface area contributed by atoms with Crippen molar-refractivity contribution in [1.82, 2.24) is 9.80 Å². The summed E-state index contributed by atoms with van der Waals surface area (Å²) < 4.78 is 0.519. The number of rotatable bonds is 5. The summed E-state index contributed by atoms with van der Waals surface area (Å²) >= 11 is 6.71. The van der Waals surface area contributed by atoms with E-state index in [0.717, 1.165) is 18.7 Å². The van der Waals surface area contributed by atoms with Crippen LogP contribution in [0, 0.1) is 6.92 Å². The van der Waals surface area contributed by atoms with Crippen molar-refractivity contribution in [1.29, 1.82) is 0 Å². The van der Waals surface area contributed by atoms with Crippen LogP contribution in [-0.2, 0) is 9.59 Å². The van der Waals surface area contributed by atoms with Gasteiger partial charge in [-0.1, -0.05) is 72.0 Å². The molecule has 0 unspecified atom stereocenters. The molecule has 5 nitrogen and oxygen atoms in total. The molecule has 2 fully saturated rings. The number of benzene rings is 2. The van der Waals surface area contributed by atoms with Crippen LogP contribution >= 0.6 is 24.0 Å². The van der Waals surface area contributed by atoms with Crippen molar-refractivity contribution < 1.29 is 9.59 Å². The fourth-order valence-electron chi connectivity index (χ4n) is 3.73. The minimum absolute atomic E-state index is 0.0734. The van der Waals surface area contributed by atoms with Crippen molar-refractivity contribution in [2.24, 2.45) is 0 Å². The van der Waals surface area contributed by atoms with E-state index in [2.05, 4.69) is 17.0 Å². The monoisotopic (exact) mass is 451 g/mol. The number of aryl methyl sites for hydroxylation is 1. The molecule has 0 N–H and O–H groups in total. The number of hydrogen-bond donors (Lipinski definition) is 0. The van der Waals surface area contributed by atoms with Crippen molar-refractivity contribution in [3.05, 3.63) is 70.6 Å². The molecule has 0 bridgehead atoms. The maximum Gasteiger partial charge on any atom is 0.266 e. The van der Waals surface area contributed by atoms with Crippen molar-refractivity contribution in [3.8, 4) is 0 Å². The number of carbonyl (C=O) groups is 2. The smallest absolute Gasteiger partial charge is 0.266 e. The van der Waals surface area contributed by atoms with Gasteiger partial charge < -0.3 is 9.80 Å². The fraction of sp³-hybridized carbons (Fsp3) is 0.292. The van der Waals surface area contributed by atoms with Gasteiger partial charge in [-0.15, -0.1) is 0 Å². The lowest BCUT2D eigenvalue weighted by molar-refractivity contribution is -0.132. The number of amides is 2. The van der Waals surface area contributed by atoms with Crippen LogP contribution in [0.5, 0.6) is 0 Å². The molecule has 0 aliphatic carbocycles. The Kier molecular flexibility index (Phi) is 6.73. The molecular weight excluding hydrogens is 426 g/mol. The van der Waals surface area contributed by atoms with Gasteiger partial charge in [-0.2, -0.15) is 0 Å². The second kappa shape index (κ2) is 9.66. The number of hydrogen-bond acceptors (Lipinski definition) is 5. The Morgan fingerprint density at radius 2 is 1.71 bits per heavy atom. The van der Waals surface area contributed by atoms with Crippen LogP contribution < -0.4 is 4.90 Å². The summed E-state index contributed by atoms with van der Waals surface area (Å²) in [7, 11) is 0. The summed E-state index contributed by atoms with van der Waals surface area (Å²) in [5.74, 6) is -0.0402. The lowest BCUT2D eigenvalue weighted by Crippen LogP contribution is -2.49. The Bertz CT molecular complexity index is 997. The first-order valence-electron chi connectivity index (χ1n) is 10.4. The molecule has 2 aliphatic rings. The molecular formula is C24H25N3O2S2. The van der Waals surface area contributed by atoms with Gasteiger partial charge in [0, 0.05) is 44.8 Å². The van der Waals surface area contributed by atoms with E-state index in [0.29, 0.717) is 28.9 Å². The minimum atomic E-state index is -0.114. The van der Waals surface area contributed by atoms with E-state index < -0.39 is 0 Å². The molecule has 2 aromatic carbocycles. The number of anilines is 1. The van der Waals surface area contributed by atoms with E-state index in [9.17, 15) is 9.59 Å². The highest BCUT2D eigenvalue weighted by molar-refractivity contribution is 8.26. The molecule has 7 heteroatoms. The Morgan fingerprint density at radius 1 is 1.03 bits per heavy atom. The first-order chi connectivity index (χ1) is 15.0. The van der Waals surface area contributed by atoms with E-state index in [1.807, 2.05) is 60.4 Å². The van der Waals surface area contributed by atoms with Crippen LogP contribution in [0.2, 0.25) is 0 Å². The van der Waals surface area contributed by atoms with E-state index in [-0.39, 0.29) is 18.2 Å². The topological polar surface area (TPSA) is 43.9 Å². The Hall–Kier alpha value is -2.64. The van der Waals surface area contributed by atoms with Gasteiger partial charge in [-0.3, -0.25) is 14.5 Å². The summed E-state index contributed by atoms with van der Waals surface area (Å²) in [5, 5.41) is 0. The molecule has 0 radical (unpaired) electrons. The van der Waals surface area contributed by atoms with Crippen LogP contribution in [-0.4, -0.2) is 58.7 Å². The van der Waals surface area contributed by atoms with Gasteiger partial charge in [0.05, 0.1) is 4.91 Å². The van der Waals surface area contributed by atoms with Gasteiger partial charge >= 0.3 is 0 Å². The summed E-state index contributed by atoms with van der Waals surface area (Å²) in [6.07, 6.45) is 2.15. The predicted molar refractivity (Wildman–Crippen MR) is 131 cm³/mol. The lowest BCUT2D eigenvalue weighted by Gasteiger charge is -2.36. The number of nitrogens with zero attached hydrogens (tertiary/aromatic N) is 3. The average molecular weight is 452 g/mol. The van der Waals surface area contributed by atoms with E-state index in [1.54, 1.807) is 4.90 Å². The zero-order valence-corrected chi connectivity index (χ0v) is 19.1. The first-order valence-corrected chi connectivity index (χ1v) is 11.6. The summed E-state index contributed by atoms with van der Waals surface area (Å²) in [6.45, 7) is 5.38. The maximum atomic E-state index is 12.8. The van der Waals surface area contributed by atoms with Crippen molar-refractivity contribution in [2.75, 3.05) is 37.6 Å². The van der Waals surface area contributed by atoms with Gasteiger partial charge in [0.15, 0.2) is 0 Å². The highest BCUT2D eigenvalue weighted by Crippen LogP contribution is 2.32. The maximum absolute atomic E-state index is 12.8. The highest BCUT2D eigenvalue weighted by Gasteiger charge is 2.32. The Morgan fingerprint density at radius 3 is 2.39 bits per heavy atom. The molecule has 31 heavy (non-hydrogen) atoms. The van der Waals surface area contributed by atoms with Crippen LogP contribution in [0.15, 0.2) is 59.5 Å². The molecule has 0 spiro atoms. The molecule has 2 aliphatic heterocycles. The average Bonchev–Trinajstić information content (AvgIpc) is 3.06. The van der Waals surface area contributed by atoms with E-state index in [1.165, 1.54) is 23.0 Å². The molecule has 0 aromatic heterocycles. The summed E-state index contributed by atoms with van der Waals surface area (Å²) in [4.78, 5) is 31.9. The standard InChI is InChI=1S/C24H25N3O2S2/c1-18-7-9-19(10-8-18)17-21-23(29)27(24(30)31-21)12-11-22(28)26-15-13-25(14-16-26)20-5-3-2-4-6-20/h2-10,17H,11-16H2,1H3. The van der Waals surface area contributed by atoms with Gasteiger partial charge in [-0.25, -0.2) is 0 Å². The van der Waals surface area contributed by atoms with Crippen LogP contribution in [0.25, 0.3) is 6.08 Å². The third-order valence-electron chi connectivity index (χ3n) is 5.55. The van der Waals surface area contributed by atoms with Crippen molar-refractivity contribution in [3.63, 3.8) is 0 Å². The Labute approximate surface area is 192 Å². The quantitative estimate of drug-likeness (QED) is 0.509. The molecule has 2 amide bonds. The second-order valence-corrected chi connectivity index (χ2v) is 9.37. The molecule has 2 aromatic rings. The highest BCUT2D eigenvalue weighted by atomic mass is 32.2. The zero-order chi connectivity index (χ0) is 21.8. The van der Waals surface area contributed by atoms with E-state index >= 15 is 0 Å². The van der Waals surface area contributed by atoms with Crippen LogP contribution in [0.1, 0.15) is 17.5 Å². The number of piperazine rings is 1. The molecule has 0 atom stereocenters. The van der Waals surface area contributed by atoms with Crippen molar-refractivity contribution in [2.45, 2.75) is 13.3 Å². The van der Waals surface area contributed by atoms with Gasteiger partial charge in [0.1, 0.15) is 4.32 Å². The van der Waals surface area contributed by atoms with Crippen LogP contribution in [0.4, 0.5) is 5.69 Å². The SMILES string of the molecule is Cc1ccc(C=C2SC(=S)N(CCC(=O)N3CCN(c4ccccc4)CC3)C2=O)cc1. The third kappa shape index (κ3) is 5.17. The normalized spacial score (nSPS) is 18.2. The molecule has 160 valence electrons. The van der Waals surface area contributed by atoms with Gasteiger partial charge in [0.25, 0.3) is 5.91 Å². The van der Waals surface area contributed by atoms with E-state index in [4.69, 9.17) is 12.2 Å². The van der Waals surface area contributed by atoms with Crippen LogP contribution in [0.3, 0.4) is 0 Å². The molecule has 0 saturated carbocycles. The molecule has 2 heterocycles. The fourth-order valence-corrected chi connectivity index (χ4v) is 5.03. The number of carbonyl (C=O) groups excluding carboxylic acids is 2. The van der Waals surface area contributed by atoms with Gasteiger partial charge in [0.2, 0.25) is 5.91 Å². The van der Waals surface area contributed by atoms with Crippen molar-refractivity contribution >= 4 is 51.9 Å². The minimum Gasteiger partial charge on any atom is -0.368 e. The zero-order valence-electron chi connectivity index (χ0n) is 17.5. The van der Waals surface area contributed by atoms with Gasteiger partial charge in [-0.05, 0) is 30.7 Å². The number of thiocarbonyl (C=S) groups is 1. The summed E-state index contributed by atoms with van der Waals surface area (Å²) in [5.41, 5.74) is 3.33. The predicted octanol–water partition coefficient (Wildman–Crippen LogP) is 3.94. The number of para-hydroxylation sites is 1. The summed E-state index contributed by atoms with van der Waals surface area (Å²) in [6, 6.07) is 18.3. The number of thioether (sulfide) groups is 1. The second-order valence-electron chi connectivity index (χ2n) is 7.70. The lowest BCUT2D eigenvalue weighted by atomic mass is 10.1. The third-order valence-corrected chi connectivity index (χ3v) is 6.93. The molecule has 2 saturated heterocycles. The Balaban J connectivity index is 1.30. The first kappa shape index (κ1) is 21.6.